The number of piperidine rings is 1. The molecule has 0 radical (unpaired) electrons. The summed E-state index contributed by atoms with van der Waals surface area (Å²) in [5.74, 6) is 0.767. The van der Waals surface area contributed by atoms with Crippen molar-refractivity contribution in [3.63, 3.8) is 0 Å². The summed E-state index contributed by atoms with van der Waals surface area (Å²) in [6.07, 6.45) is 5.32. The second-order valence-corrected chi connectivity index (χ2v) is 6.40. The van der Waals surface area contributed by atoms with E-state index in [4.69, 9.17) is 0 Å². The lowest BCUT2D eigenvalue weighted by Crippen LogP contribution is -2.40. The van der Waals surface area contributed by atoms with E-state index in [0.717, 1.165) is 24.1 Å². The highest BCUT2D eigenvalue weighted by molar-refractivity contribution is 5.85. The average molecular weight is 313 g/mol. The van der Waals surface area contributed by atoms with Crippen molar-refractivity contribution in [3.8, 4) is 0 Å². The van der Waals surface area contributed by atoms with Crippen LogP contribution in [0.15, 0.2) is 18.2 Å². The van der Waals surface area contributed by atoms with Gasteiger partial charge in [0.15, 0.2) is 0 Å². The van der Waals surface area contributed by atoms with Crippen LogP contribution in [0.2, 0.25) is 0 Å². The van der Waals surface area contributed by atoms with Gasteiger partial charge < -0.3 is 5.32 Å². The number of hydrogen-bond donors (Lipinski definition) is 1. The number of nitrogens with one attached hydrogen (secondary N) is 1. The molecule has 2 aliphatic heterocycles. The highest BCUT2D eigenvalue weighted by Gasteiger charge is 2.28. The van der Waals surface area contributed by atoms with Crippen LogP contribution in [-0.2, 0) is 6.54 Å². The van der Waals surface area contributed by atoms with Crippen LogP contribution >= 0.6 is 12.4 Å². The SMILES string of the molecule is Cc1cc(CN2CCC(C3CCCN3)CC2)ccc1F.Cl. The minimum atomic E-state index is -0.0974. The quantitative estimate of drug-likeness (QED) is 0.918. The minimum Gasteiger partial charge on any atom is -0.314 e. The maximum Gasteiger partial charge on any atom is 0.126 e. The van der Waals surface area contributed by atoms with Gasteiger partial charge in [-0.2, -0.15) is 0 Å². The Labute approximate surface area is 133 Å². The van der Waals surface area contributed by atoms with Crippen LogP contribution in [0.1, 0.15) is 36.8 Å². The first-order valence-electron chi connectivity index (χ1n) is 7.93. The predicted molar refractivity (Wildman–Crippen MR) is 87.4 cm³/mol. The summed E-state index contributed by atoms with van der Waals surface area (Å²) in [4.78, 5) is 2.51. The fourth-order valence-corrected chi connectivity index (χ4v) is 3.69. The van der Waals surface area contributed by atoms with E-state index in [1.165, 1.54) is 50.9 Å². The van der Waals surface area contributed by atoms with Crippen LogP contribution in [0.5, 0.6) is 0 Å². The molecule has 1 atom stereocenters. The zero-order valence-corrected chi connectivity index (χ0v) is 13.6. The molecule has 0 aromatic heterocycles. The first-order chi connectivity index (χ1) is 9.72. The molecule has 0 bridgehead atoms. The molecule has 1 aromatic rings. The Balaban J connectivity index is 0.00000161. The summed E-state index contributed by atoms with van der Waals surface area (Å²) >= 11 is 0. The molecule has 118 valence electrons. The van der Waals surface area contributed by atoms with Gasteiger partial charge >= 0.3 is 0 Å². The maximum absolute atomic E-state index is 13.3. The summed E-state index contributed by atoms with van der Waals surface area (Å²) in [5, 5.41) is 3.64. The van der Waals surface area contributed by atoms with Gasteiger partial charge in [-0.25, -0.2) is 4.39 Å². The Morgan fingerprint density at radius 1 is 1.24 bits per heavy atom. The van der Waals surface area contributed by atoms with E-state index < -0.39 is 0 Å². The Hall–Kier alpha value is -0.640. The lowest BCUT2D eigenvalue weighted by atomic mass is 9.88. The molecule has 1 unspecified atom stereocenters. The second kappa shape index (κ2) is 7.57. The van der Waals surface area contributed by atoms with Crippen LogP contribution < -0.4 is 5.32 Å². The third kappa shape index (κ3) is 4.18. The fourth-order valence-electron chi connectivity index (χ4n) is 3.69. The smallest absolute Gasteiger partial charge is 0.126 e. The summed E-state index contributed by atoms with van der Waals surface area (Å²) < 4.78 is 13.3. The van der Waals surface area contributed by atoms with Crippen LogP contribution in [0.25, 0.3) is 0 Å². The number of likely N-dealkylation sites (tertiary alicyclic amines) is 1. The average Bonchev–Trinajstić information content (AvgIpc) is 2.98. The minimum absolute atomic E-state index is 0. The molecule has 2 fully saturated rings. The predicted octanol–water partition coefficient (Wildman–Crippen LogP) is 3.52. The van der Waals surface area contributed by atoms with Crippen molar-refractivity contribution in [1.82, 2.24) is 10.2 Å². The van der Waals surface area contributed by atoms with Gasteiger partial charge in [-0.1, -0.05) is 12.1 Å². The standard InChI is InChI=1S/C17H25FN2.ClH/c1-13-11-14(4-5-16(13)18)12-20-9-6-15(7-10-20)17-3-2-8-19-17;/h4-5,11,15,17,19H,2-3,6-10,12H2,1H3;1H. The van der Waals surface area contributed by atoms with Crippen LogP contribution in [0, 0.1) is 18.7 Å². The van der Waals surface area contributed by atoms with E-state index in [1.807, 2.05) is 19.1 Å². The van der Waals surface area contributed by atoms with Crippen molar-refractivity contribution in [2.45, 2.75) is 45.2 Å². The van der Waals surface area contributed by atoms with Crippen molar-refractivity contribution in [2.75, 3.05) is 19.6 Å². The monoisotopic (exact) mass is 312 g/mol. The van der Waals surface area contributed by atoms with E-state index >= 15 is 0 Å². The normalized spacial score (nSPS) is 24.0. The van der Waals surface area contributed by atoms with E-state index in [-0.39, 0.29) is 18.2 Å². The van der Waals surface area contributed by atoms with Crippen LogP contribution in [0.3, 0.4) is 0 Å². The topological polar surface area (TPSA) is 15.3 Å². The molecule has 1 aromatic carbocycles. The Bertz CT molecular complexity index is 452. The Morgan fingerprint density at radius 2 is 2.00 bits per heavy atom. The van der Waals surface area contributed by atoms with Crippen molar-refractivity contribution in [2.24, 2.45) is 5.92 Å². The van der Waals surface area contributed by atoms with Gasteiger partial charge in [0.25, 0.3) is 0 Å². The maximum atomic E-state index is 13.3. The highest BCUT2D eigenvalue weighted by Crippen LogP contribution is 2.26. The van der Waals surface area contributed by atoms with Gasteiger partial charge in [-0.05, 0) is 75.4 Å². The van der Waals surface area contributed by atoms with Gasteiger partial charge in [0.2, 0.25) is 0 Å². The largest absolute Gasteiger partial charge is 0.314 e. The van der Waals surface area contributed by atoms with E-state index in [0.29, 0.717) is 0 Å². The molecular weight excluding hydrogens is 287 g/mol. The van der Waals surface area contributed by atoms with Gasteiger partial charge in [-0.3, -0.25) is 4.90 Å². The molecule has 2 saturated heterocycles. The lowest BCUT2D eigenvalue weighted by molar-refractivity contribution is 0.157. The summed E-state index contributed by atoms with van der Waals surface area (Å²) in [5.41, 5.74) is 1.99. The van der Waals surface area contributed by atoms with Gasteiger partial charge in [0, 0.05) is 12.6 Å². The van der Waals surface area contributed by atoms with Gasteiger partial charge in [0.1, 0.15) is 5.82 Å². The third-order valence-corrected chi connectivity index (χ3v) is 4.93. The number of aryl methyl sites for hydroxylation is 1. The number of halogens is 2. The fraction of sp³-hybridized carbons (Fsp3) is 0.647. The van der Waals surface area contributed by atoms with E-state index in [9.17, 15) is 4.39 Å². The molecule has 0 saturated carbocycles. The Kier molecular flexibility index (Phi) is 6.03. The molecule has 0 aliphatic carbocycles. The summed E-state index contributed by atoms with van der Waals surface area (Å²) in [6, 6.07) is 6.28. The van der Waals surface area contributed by atoms with Crippen molar-refractivity contribution in [1.29, 1.82) is 0 Å². The first kappa shape index (κ1) is 16.7. The van der Waals surface area contributed by atoms with Gasteiger partial charge in [-0.15, -0.1) is 12.4 Å². The van der Waals surface area contributed by atoms with Crippen molar-refractivity contribution < 1.29 is 4.39 Å². The number of hydrogen-bond acceptors (Lipinski definition) is 2. The zero-order chi connectivity index (χ0) is 13.9. The van der Waals surface area contributed by atoms with Crippen LogP contribution in [-0.4, -0.2) is 30.6 Å². The van der Waals surface area contributed by atoms with Crippen molar-refractivity contribution in [3.05, 3.63) is 35.1 Å². The van der Waals surface area contributed by atoms with Crippen LogP contribution in [0.4, 0.5) is 4.39 Å². The Morgan fingerprint density at radius 3 is 2.62 bits per heavy atom. The van der Waals surface area contributed by atoms with E-state index in [1.54, 1.807) is 6.07 Å². The first-order valence-corrected chi connectivity index (χ1v) is 7.93. The molecule has 3 rings (SSSR count). The lowest BCUT2D eigenvalue weighted by Gasteiger charge is -2.35. The molecule has 1 N–H and O–H groups in total. The molecule has 2 aliphatic rings. The number of nitrogens with zero attached hydrogens (tertiary/aromatic N) is 1. The number of benzene rings is 1. The molecule has 21 heavy (non-hydrogen) atoms. The number of rotatable bonds is 3. The molecule has 0 amide bonds. The summed E-state index contributed by atoms with van der Waals surface area (Å²) in [6.45, 7) is 6.38. The molecule has 4 heteroatoms. The molecular formula is C17H26ClFN2. The molecule has 0 spiro atoms. The van der Waals surface area contributed by atoms with Crippen molar-refractivity contribution >= 4 is 12.4 Å². The van der Waals surface area contributed by atoms with Gasteiger partial charge in [0.05, 0.1) is 0 Å². The zero-order valence-electron chi connectivity index (χ0n) is 12.8. The summed E-state index contributed by atoms with van der Waals surface area (Å²) in [7, 11) is 0. The highest BCUT2D eigenvalue weighted by atomic mass is 35.5. The van der Waals surface area contributed by atoms with E-state index in [2.05, 4.69) is 10.2 Å². The third-order valence-electron chi connectivity index (χ3n) is 4.93. The second-order valence-electron chi connectivity index (χ2n) is 6.40. The molecule has 2 heterocycles. The molecule has 2 nitrogen and oxygen atoms in total.